The Balaban J connectivity index is 1.74. The Morgan fingerprint density at radius 1 is 1.48 bits per heavy atom. The van der Waals surface area contributed by atoms with Crippen molar-refractivity contribution in [3.05, 3.63) is 40.3 Å². The van der Waals surface area contributed by atoms with Crippen molar-refractivity contribution in [2.24, 2.45) is 12.2 Å². The molecule has 3 heterocycles. The van der Waals surface area contributed by atoms with Crippen molar-refractivity contribution in [1.82, 2.24) is 30.2 Å². The fourth-order valence-electron chi connectivity index (χ4n) is 1.91. The van der Waals surface area contributed by atoms with Gasteiger partial charge in [0.15, 0.2) is 11.0 Å². The quantitative estimate of drug-likeness (QED) is 0.547. The Bertz CT molecular complexity index is 840. The summed E-state index contributed by atoms with van der Waals surface area (Å²) in [6.07, 6.45) is 3.76. The molecule has 23 heavy (non-hydrogen) atoms. The zero-order valence-electron chi connectivity index (χ0n) is 12.5. The molecule has 0 aromatic carbocycles. The summed E-state index contributed by atoms with van der Waals surface area (Å²) in [7, 11) is 1.71. The zero-order valence-corrected chi connectivity index (χ0v) is 13.4. The molecule has 118 valence electrons. The van der Waals surface area contributed by atoms with Crippen LogP contribution in [0.15, 0.2) is 22.8 Å². The number of rotatable bonds is 5. The summed E-state index contributed by atoms with van der Waals surface area (Å²) < 4.78 is 1.48. The first kappa shape index (κ1) is 15.0. The van der Waals surface area contributed by atoms with Crippen LogP contribution >= 0.6 is 11.3 Å². The first-order valence-electron chi connectivity index (χ1n) is 6.70. The number of oxime groups is 1. The van der Waals surface area contributed by atoms with Crippen LogP contribution in [0, 0.1) is 6.92 Å². The van der Waals surface area contributed by atoms with E-state index in [1.165, 1.54) is 22.2 Å². The second kappa shape index (κ2) is 6.48. The van der Waals surface area contributed by atoms with Gasteiger partial charge in [-0.1, -0.05) is 5.16 Å². The van der Waals surface area contributed by atoms with Crippen molar-refractivity contribution < 1.29 is 4.84 Å². The van der Waals surface area contributed by atoms with E-state index in [9.17, 15) is 0 Å². The lowest BCUT2D eigenvalue weighted by Crippen LogP contribution is -2.01. The fourth-order valence-corrected chi connectivity index (χ4v) is 2.47. The molecule has 0 aliphatic rings. The minimum Gasteiger partial charge on any atom is -0.375 e. The summed E-state index contributed by atoms with van der Waals surface area (Å²) in [5, 5.41) is 17.4. The van der Waals surface area contributed by atoms with Crippen molar-refractivity contribution >= 4 is 22.7 Å². The van der Waals surface area contributed by atoms with Crippen molar-refractivity contribution in [2.45, 2.75) is 13.3 Å². The Morgan fingerprint density at radius 2 is 2.35 bits per heavy atom. The molecule has 3 aromatic rings. The first-order chi connectivity index (χ1) is 11.1. The molecule has 0 aliphatic carbocycles. The van der Waals surface area contributed by atoms with Crippen LogP contribution < -0.4 is 10.6 Å². The van der Waals surface area contributed by atoms with E-state index in [0.29, 0.717) is 23.3 Å². The van der Waals surface area contributed by atoms with Gasteiger partial charge >= 0.3 is 0 Å². The lowest BCUT2D eigenvalue weighted by molar-refractivity contribution is 0.326. The molecule has 9 nitrogen and oxygen atoms in total. The molecule has 0 aliphatic heterocycles. The van der Waals surface area contributed by atoms with E-state index in [1.807, 2.05) is 18.4 Å². The topological polar surface area (TPSA) is 117 Å². The Morgan fingerprint density at radius 3 is 3.04 bits per heavy atom. The van der Waals surface area contributed by atoms with Gasteiger partial charge in [0, 0.05) is 30.6 Å². The second-order valence-corrected chi connectivity index (χ2v) is 5.63. The first-order valence-corrected chi connectivity index (χ1v) is 7.58. The molecule has 0 radical (unpaired) electrons. The van der Waals surface area contributed by atoms with Gasteiger partial charge in [0.1, 0.15) is 6.21 Å². The van der Waals surface area contributed by atoms with Crippen molar-refractivity contribution in [2.75, 3.05) is 5.73 Å². The van der Waals surface area contributed by atoms with Gasteiger partial charge in [-0.2, -0.15) is 0 Å². The van der Waals surface area contributed by atoms with E-state index < -0.39 is 0 Å². The molecule has 0 amide bonds. The highest BCUT2D eigenvalue weighted by atomic mass is 32.1. The molecular weight excluding hydrogens is 316 g/mol. The Kier molecular flexibility index (Phi) is 4.24. The third kappa shape index (κ3) is 3.48. The smallest absolute Gasteiger partial charge is 0.251 e. The third-order valence-electron chi connectivity index (χ3n) is 3.17. The average molecular weight is 330 g/mol. The number of aryl methyl sites for hydroxylation is 1. The van der Waals surface area contributed by atoms with E-state index >= 15 is 0 Å². The van der Waals surface area contributed by atoms with Crippen molar-refractivity contribution in [1.29, 1.82) is 0 Å². The third-order valence-corrected chi connectivity index (χ3v) is 3.89. The maximum absolute atomic E-state index is 5.66. The molecule has 0 unspecified atom stereocenters. The molecule has 0 fully saturated rings. The van der Waals surface area contributed by atoms with Crippen LogP contribution in [0.1, 0.15) is 22.6 Å². The van der Waals surface area contributed by atoms with Crippen LogP contribution in [0.5, 0.6) is 5.88 Å². The van der Waals surface area contributed by atoms with Crippen molar-refractivity contribution in [3.63, 3.8) is 0 Å². The molecule has 0 spiro atoms. The highest BCUT2D eigenvalue weighted by molar-refractivity contribution is 7.13. The molecule has 3 aromatic heterocycles. The lowest BCUT2D eigenvalue weighted by Gasteiger charge is -2.07. The van der Waals surface area contributed by atoms with Crippen LogP contribution in [0.4, 0.5) is 5.13 Å². The number of thiazole rings is 1. The SMILES string of the molecule is Cc1c(Cc2csc(N)n2)ccnc1O/N=C/c1nnnn1C. The highest BCUT2D eigenvalue weighted by Crippen LogP contribution is 2.22. The minimum atomic E-state index is 0.428. The number of nitrogen functional groups attached to an aromatic ring is 1. The monoisotopic (exact) mass is 330 g/mol. The van der Waals surface area contributed by atoms with Crippen LogP contribution in [-0.4, -0.2) is 36.4 Å². The molecule has 0 saturated carbocycles. The van der Waals surface area contributed by atoms with Gasteiger partial charge in [0.2, 0.25) is 0 Å². The highest BCUT2D eigenvalue weighted by Gasteiger charge is 2.09. The maximum Gasteiger partial charge on any atom is 0.251 e. The number of tetrazole rings is 1. The molecule has 10 heteroatoms. The molecule has 0 atom stereocenters. The summed E-state index contributed by atoms with van der Waals surface area (Å²) in [6.45, 7) is 1.92. The van der Waals surface area contributed by atoms with E-state index in [-0.39, 0.29) is 0 Å². The summed E-state index contributed by atoms with van der Waals surface area (Å²) in [5.74, 6) is 0.911. The van der Waals surface area contributed by atoms with E-state index in [0.717, 1.165) is 16.8 Å². The normalized spacial score (nSPS) is 11.2. The minimum absolute atomic E-state index is 0.428. The van der Waals surface area contributed by atoms with Crippen LogP contribution in [0.2, 0.25) is 0 Å². The van der Waals surface area contributed by atoms with Crippen LogP contribution in [0.25, 0.3) is 0 Å². The average Bonchev–Trinajstić information content (AvgIpc) is 3.12. The van der Waals surface area contributed by atoms with Gasteiger partial charge in [-0.3, -0.25) is 0 Å². The number of anilines is 1. The molecule has 3 rings (SSSR count). The second-order valence-electron chi connectivity index (χ2n) is 4.74. The summed E-state index contributed by atoms with van der Waals surface area (Å²) in [4.78, 5) is 13.8. The lowest BCUT2D eigenvalue weighted by atomic mass is 10.1. The zero-order chi connectivity index (χ0) is 16.2. The van der Waals surface area contributed by atoms with Gasteiger partial charge in [-0.05, 0) is 29.0 Å². The van der Waals surface area contributed by atoms with Crippen LogP contribution in [-0.2, 0) is 13.5 Å². The number of nitrogens with zero attached hydrogens (tertiary/aromatic N) is 7. The summed E-state index contributed by atoms with van der Waals surface area (Å²) >= 11 is 1.42. The molecule has 0 saturated heterocycles. The number of aromatic nitrogens is 6. The largest absolute Gasteiger partial charge is 0.375 e. The predicted molar refractivity (Wildman–Crippen MR) is 85.3 cm³/mol. The maximum atomic E-state index is 5.66. The Hall–Kier alpha value is -2.88. The van der Waals surface area contributed by atoms with Gasteiger partial charge in [0.05, 0.1) is 5.69 Å². The predicted octanol–water partition coefficient (Wildman–Crippen LogP) is 0.956. The summed E-state index contributed by atoms with van der Waals surface area (Å²) in [5.41, 5.74) is 8.52. The van der Waals surface area contributed by atoms with Gasteiger partial charge in [-0.15, -0.1) is 16.4 Å². The van der Waals surface area contributed by atoms with Gasteiger partial charge in [0.25, 0.3) is 5.88 Å². The number of pyridine rings is 1. The number of hydrogen-bond donors (Lipinski definition) is 1. The van der Waals surface area contributed by atoms with Crippen molar-refractivity contribution in [3.8, 4) is 5.88 Å². The molecular formula is C13H14N8OS. The van der Waals surface area contributed by atoms with Gasteiger partial charge in [-0.25, -0.2) is 14.6 Å². The van der Waals surface area contributed by atoms with Gasteiger partial charge < -0.3 is 10.6 Å². The number of nitrogens with two attached hydrogens (primary N) is 1. The standard InChI is InChI=1S/C13H14N8OS/c1-8-9(5-10-7-23-13(14)17-10)3-4-15-12(8)22-16-6-11-18-19-20-21(11)2/h3-4,6-7H,5H2,1-2H3,(H2,14,17)/b16-6+. The fraction of sp³-hybridized carbons (Fsp3) is 0.231. The molecule has 2 N–H and O–H groups in total. The Labute approximate surface area is 135 Å². The molecule has 0 bridgehead atoms. The van der Waals surface area contributed by atoms with E-state index in [1.54, 1.807) is 13.2 Å². The van der Waals surface area contributed by atoms with Crippen LogP contribution in [0.3, 0.4) is 0 Å². The summed E-state index contributed by atoms with van der Waals surface area (Å²) in [6, 6.07) is 1.92. The van der Waals surface area contributed by atoms with E-state index in [2.05, 4.69) is 30.6 Å². The van der Waals surface area contributed by atoms with E-state index in [4.69, 9.17) is 10.6 Å². The number of hydrogen-bond acceptors (Lipinski definition) is 9.